The molecule has 0 amide bonds. The van der Waals surface area contributed by atoms with E-state index in [0.29, 0.717) is 13.0 Å². The highest BCUT2D eigenvalue weighted by Crippen LogP contribution is 2.23. The van der Waals surface area contributed by atoms with Crippen LogP contribution in [0, 0.1) is 0 Å². The molecule has 1 aromatic heterocycles. The summed E-state index contributed by atoms with van der Waals surface area (Å²) in [6.07, 6.45) is -3.44. The predicted molar refractivity (Wildman–Crippen MR) is 56.2 cm³/mol. The van der Waals surface area contributed by atoms with Crippen molar-refractivity contribution in [2.45, 2.75) is 32.0 Å². The van der Waals surface area contributed by atoms with Crippen LogP contribution >= 0.6 is 11.3 Å². The summed E-state index contributed by atoms with van der Waals surface area (Å²) >= 11 is 1.42. The summed E-state index contributed by atoms with van der Waals surface area (Å²) < 4.78 is 37.7. The lowest BCUT2D eigenvalue weighted by atomic mass is 10.1. The van der Waals surface area contributed by atoms with Crippen molar-refractivity contribution in [3.63, 3.8) is 0 Å². The number of thiophene rings is 1. The molecule has 1 nitrogen and oxygen atoms in total. The van der Waals surface area contributed by atoms with Crippen LogP contribution in [-0.2, 0) is 6.42 Å². The van der Waals surface area contributed by atoms with Gasteiger partial charge in [-0.15, -0.1) is 0 Å². The first-order valence-electron chi connectivity index (χ1n) is 4.85. The van der Waals surface area contributed by atoms with Gasteiger partial charge in [0.1, 0.15) is 6.04 Å². The molecule has 1 atom stereocenters. The Labute approximate surface area is 91.3 Å². The van der Waals surface area contributed by atoms with Crippen molar-refractivity contribution >= 4 is 11.3 Å². The smallest absolute Gasteiger partial charge is 0.306 e. The van der Waals surface area contributed by atoms with Crippen molar-refractivity contribution in [1.82, 2.24) is 5.32 Å². The van der Waals surface area contributed by atoms with Gasteiger partial charge >= 0.3 is 6.18 Å². The molecule has 1 aromatic rings. The van der Waals surface area contributed by atoms with E-state index in [0.717, 1.165) is 5.56 Å². The van der Waals surface area contributed by atoms with E-state index in [2.05, 4.69) is 5.32 Å². The van der Waals surface area contributed by atoms with Crippen molar-refractivity contribution in [2.75, 3.05) is 6.54 Å². The summed E-state index contributed by atoms with van der Waals surface area (Å²) in [6.45, 7) is 2.25. The normalized spacial score (nSPS) is 14.1. The maximum absolute atomic E-state index is 12.6. The molecule has 1 N–H and O–H groups in total. The van der Waals surface area contributed by atoms with Crippen LogP contribution in [-0.4, -0.2) is 18.8 Å². The van der Waals surface area contributed by atoms with E-state index >= 15 is 0 Å². The third-order valence-electron chi connectivity index (χ3n) is 2.06. The molecule has 0 bridgehead atoms. The highest BCUT2D eigenvalue weighted by atomic mass is 32.1. The Hall–Kier alpha value is -0.550. The van der Waals surface area contributed by atoms with Crippen LogP contribution in [0.4, 0.5) is 13.2 Å². The zero-order chi connectivity index (χ0) is 11.3. The van der Waals surface area contributed by atoms with Crippen molar-refractivity contribution in [2.24, 2.45) is 0 Å². The first kappa shape index (κ1) is 12.5. The van der Waals surface area contributed by atoms with Crippen LogP contribution in [0.25, 0.3) is 0 Å². The Bertz CT molecular complexity index is 269. The number of hydrogen-bond acceptors (Lipinski definition) is 2. The quantitative estimate of drug-likeness (QED) is 0.829. The molecular weight excluding hydrogens is 223 g/mol. The second kappa shape index (κ2) is 5.51. The molecule has 86 valence electrons. The van der Waals surface area contributed by atoms with E-state index in [1.807, 2.05) is 6.92 Å². The highest BCUT2D eigenvalue weighted by molar-refractivity contribution is 7.07. The molecule has 15 heavy (non-hydrogen) atoms. The van der Waals surface area contributed by atoms with Gasteiger partial charge in [0.2, 0.25) is 0 Å². The van der Waals surface area contributed by atoms with Crippen LogP contribution in [0.5, 0.6) is 0 Å². The van der Waals surface area contributed by atoms with E-state index in [1.165, 1.54) is 11.3 Å². The lowest BCUT2D eigenvalue weighted by Gasteiger charge is -2.20. The number of alkyl halides is 3. The molecule has 1 unspecified atom stereocenters. The van der Waals surface area contributed by atoms with Gasteiger partial charge in [0.25, 0.3) is 0 Å². The fourth-order valence-electron chi connectivity index (χ4n) is 1.27. The van der Waals surface area contributed by atoms with Crippen molar-refractivity contribution in [3.05, 3.63) is 22.4 Å². The minimum absolute atomic E-state index is 0.0208. The topological polar surface area (TPSA) is 12.0 Å². The van der Waals surface area contributed by atoms with Gasteiger partial charge in [-0.25, -0.2) is 0 Å². The molecule has 1 heterocycles. The van der Waals surface area contributed by atoms with Gasteiger partial charge in [0, 0.05) is 0 Å². The Morgan fingerprint density at radius 3 is 2.67 bits per heavy atom. The number of halogens is 3. The fraction of sp³-hybridized carbons (Fsp3) is 0.600. The molecule has 0 radical (unpaired) electrons. The average molecular weight is 237 g/mol. The Balaban J connectivity index is 2.57. The van der Waals surface area contributed by atoms with Crippen LogP contribution in [0.3, 0.4) is 0 Å². The summed E-state index contributed by atoms with van der Waals surface area (Å²) in [4.78, 5) is 0. The fourth-order valence-corrected chi connectivity index (χ4v) is 1.95. The largest absolute Gasteiger partial charge is 0.404 e. The number of nitrogens with one attached hydrogen (secondary N) is 1. The summed E-state index contributed by atoms with van der Waals surface area (Å²) in [7, 11) is 0. The number of rotatable bonds is 5. The van der Waals surface area contributed by atoms with Crippen molar-refractivity contribution < 1.29 is 13.2 Å². The molecule has 0 aliphatic rings. The monoisotopic (exact) mass is 237 g/mol. The minimum atomic E-state index is -4.17. The van der Waals surface area contributed by atoms with Gasteiger partial charge in [-0.2, -0.15) is 24.5 Å². The molecule has 0 fully saturated rings. The Kier molecular flexibility index (Phi) is 4.60. The van der Waals surface area contributed by atoms with E-state index < -0.39 is 12.2 Å². The number of hydrogen-bond donors (Lipinski definition) is 1. The van der Waals surface area contributed by atoms with Crippen LogP contribution in [0.2, 0.25) is 0 Å². The van der Waals surface area contributed by atoms with E-state index in [4.69, 9.17) is 0 Å². The lowest BCUT2D eigenvalue weighted by Crippen LogP contribution is -2.44. The predicted octanol–water partition coefficient (Wildman–Crippen LogP) is 3.22. The summed E-state index contributed by atoms with van der Waals surface area (Å²) in [5, 5.41) is 6.08. The lowest BCUT2D eigenvalue weighted by molar-refractivity contribution is -0.155. The van der Waals surface area contributed by atoms with Gasteiger partial charge in [-0.05, 0) is 41.8 Å². The van der Waals surface area contributed by atoms with Gasteiger partial charge in [-0.3, -0.25) is 0 Å². The standard InChI is InChI=1S/C10H14F3NS/c1-2-4-14-9(10(11,12)13)6-8-3-5-15-7-8/h3,5,7,9,14H,2,4,6H2,1H3. The summed E-state index contributed by atoms with van der Waals surface area (Å²) in [5.74, 6) is 0. The maximum Gasteiger partial charge on any atom is 0.404 e. The van der Waals surface area contributed by atoms with E-state index in [-0.39, 0.29) is 6.42 Å². The van der Waals surface area contributed by atoms with Crippen molar-refractivity contribution in [1.29, 1.82) is 0 Å². The molecule has 5 heteroatoms. The van der Waals surface area contributed by atoms with Crippen LogP contribution in [0.15, 0.2) is 16.8 Å². The summed E-state index contributed by atoms with van der Waals surface area (Å²) in [6, 6.07) is 0.309. The SMILES string of the molecule is CCCNC(Cc1ccsc1)C(F)(F)F. The Morgan fingerprint density at radius 2 is 2.20 bits per heavy atom. The summed E-state index contributed by atoms with van der Waals surface area (Å²) in [5.41, 5.74) is 0.742. The first-order chi connectivity index (χ1) is 7.04. The Morgan fingerprint density at radius 1 is 1.47 bits per heavy atom. The molecule has 0 aliphatic heterocycles. The maximum atomic E-state index is 12.6. The molecule has 0 spiro atoms. The van der Waals surface area contributed by atoms with E-state index in [9.17, 15) is 13.2 Å². The molecule has 0 saturated heterocycles. The third kappa shape index (κ3) is 4.22. The molecule has 0 aromatic carbocycles. The molecule has 0 saturated carbocycles. The van der Waals surface area contributed by atoms with Gasteiger partial charge in [0.15, 0.2) is 0 Å². The van der Waals surface area contributed by atoms with Gasteiger partial charge < -0.3 is 5.32 Å². The van der Waals surface area contributed by atoms with Crippen LogP contribution < -0.4 is 5.32 Å². The van der Waals surface area contributed by atoms with Gasteiger partial charge in [-0.1, -0.05) is 6.92 Å². The van der Waals surface area contributed by atoms with Gasteiger partial charge in [0.05, 0.1) is 0 Å². The highest BCUT2D eigenvalue weighted by Gasteiger charge is 2.38. The molecule has 0 aliphatic carbocycles. The van der Waals surface area contributed by atoms with Crippen LogP contribution in [0.1, 0.15) is 18.9 Å². The minimum Gasteiger partial charge on any atom is -0.306 e. The van der Waals surface area contributed by atoms with E-state index in [1.54, 1.807) is 16.8 Å². The zero-order valence-electron chi connectivity index (χ0n) is 8.47. The second-order valence-corrected chi connectivity index (χ2v) is 4.16. The first-order valence-corrected chi connectivity index (χ1v) is 5.79. The third-order valence-corrected chi connectivity index (χ3v) is 2.79. The molecule has 1 rings (SSSR count). The van der Waals surface area contributed by atoms with Crippen molar-refractivity contribution in [3.8, 4) is 0 Å². The zero-order valence-corrected chi connectivity index (χ0v) is 9.29. The average Bonchev–Trinajstić information content (AvgIpc) is 2.62. The molecular formula is C10H14F3NS. The second-order valence-electron chi connectivity index (χ2n) is 3.38.